The van der Waals surface area contributed by atoms with Gasteiger partial charge in [-0.05, 0) is 60.7 Å². The van der Waals surface area contributed by atoms with E-state index in [-0.39, 0.29) is 10.8 Å². The van der Waals surface area contributed by atoms with Crippen LogP contribution in [0.15, 0.2) is 71.6 Å². The SMILES string of the molecule is COc1ccc(S(=O)(=O)Nc2ccc(C(=O)Nc3cc(OC)ccc3OC)cc2)cc1. The van der Waals surface area contributed by atoms with Crippen molar-refractivity contribution in [3.63, 3.8) is 0 Å². The Morgan fingerprint density at radius 2 is 1.39 bits per heavy atom. The van der Waals surface area contributed by atoms with E-state index in [9.17, 15) is 13.2 Å². The molecule has 0 radical (unpaired) electrons. The first-order chi connectivity index (χ1) is 14.9. The molecule has 0 heterocycles. The summed E-state index contributed by atoms with van der Waals surface area (Å²) in [6.45, 7) is 0. The Bertz CT molecular complexity index is 1160. The van der Waals surface area contributed by atoms with Crippen LogP contribution in [0.2, 0.25) is 0 Å². The molecule has 162 valence electrons. The lowest BCUT2D eigenvalue weighted by atomic mass is 10.2. The van der Waals surface area contributed by atoms with Crippen LogP contribution in [0.5, 0.6) is 17.2 Å². The summed E-state index contributed by atoms with van der Waals surface area (Å²) in [6.07, 6.45) is 0. The summed E-state index contributed by atoms with van der Waals surface area (Å²) in [4.78, 5) is 12.7. The average Bonchev–Trinajstić information content (AvgIpc) is 2.79. The van der Waals surface area contributed by atoms with Crippen LogP contribution in [0, 0.1) is 0 Å². The number of carbonyl (C=O) groups is 1. The molecule has 0 unspecified atom stereocenters. The normalized spacial score (nSPS) is 10.8. The second-order valence-corrected chi connectivity index (χ2v) is 8.06. The quantitative estimate of drug-likeness (QED) is 0.551. The number of sulfonamides is 1. The molecule has 0 spiro atoms. The van der Waals surface area contributed by atoms with E-state index in [1.54, 1.807) is 30.3 Å². The molecule has 2 N–H and O–H groups in total. The van der Waals surface area contributed by atoms with Crippen molar-refractivity contribution >= 4 is 27.3 Å². The highest BCUT2D eigenvalue weighted by molar-refractivity contribution is 7.92. The number of methoxy groups -OCH3 is 3. The van der Waals surface area contributed by atoms with E-state index in [0.29, 0.717) is 34.2 Å². The van der Waals surface area contributed by atoms with E-state index in [2.05, 4.69) is 10.0 Å². The Hall–Kier alpha value is -3.72. The number of ether oxygens (including phenoxy) is 3. The zero-order valence-electron chi connectivity index (χ0n) is 17.2. The van der Waals surface area contributed by atoms with Gasteiger partial charge in [0.25, 0.3) is 15.9 Å². The van der Waals surface area contributed by atoms with Gasteiger partial charge in [-0.1, -0.05) is 0 Å². The third kappa shape index (κ3) is 5.26. The van der Waals surface area contributed by atoms with Gasteiger partial charge >= 0.3 is 0 Å². The van der Waals surface area contributed by atoms with Gasteiger partial charge in [0.15, 0.2) is 0 Å². The van der Waals surface area contributed by atoms with Crippen LogP contribution >= 0.6 is 0 Å². The number of nitrogens with one attached hydrogen (secondary N) is 2. The molecule has 3 aromatic carbocycles. The third-order valence-electron chi connectivity index (χ3n) is 4.42. The Morgan fingerprint density at radius 3 is 1.97 bits per heavy atom. The van der Waals surface area contributed by atoms with Crippen molar-refractivity contribution in [1.29, 1.82) is 0 Å². The number of carbonyl (C=O) groups excluding carboxylic acids is 1. The Balaban J connectivity index is 1.73. The summed E-state index contributed by atoms with van der Waals surface area (Å²) in [7, 11) is 0.759. The molecule has 0 aromatic heterocycles. The van der Waals surface area contributed by atoms with Gasteiger partial charge in [0.1, 0.15) is 17.2 Å². The third-order valence-corrected chi connectivity index (χ3v) is 5.82. The molecule has 0 saturated carbocycles. The predicted octanol–water partition coefficient (Wildman–Crippen LogP) is 3.77. The molecular weight excluding hydrogens is 420 g/mol. The summed E-state index contributed by atoms with van der Waals surface area (Å²) < 4.78 is 43.0. The number of amides is 1. The Morgan fingerprint density at radius 1 is 0.774 bits per heavy atom. The fourth-order valence-corrected chi connectivity index (χ4v) is 3.82. The highest BCUT2D eigenvalue weighted by Gasteiger charge is 2.15. The van der Waals surface area contributed by atoms with Crippen LogP contribution in [0.1, 0.15) is 10.4 Å². The molecule has 0 aliphatic rings. The molecule has 0 fully saturated rings. The van der Waals surface area contributed by atoms with Crippen molar-refractivity contribution in [3.05, 3.63) is 72.3 Å². The van der Waals surface area contributed by atoms with Crippen molar-refractivity contribution in [2.24, 2.45) is 0 Å². The lowest BCUT2D eigenvalue weighted by molar-refractivity contribution is 0.102. The summed E-state index contributed by atoms with van der Waals surface area (Å²) >= 11 is 0. The predicted molar refractivity (Wildman–Crippen MR) is 118 cm³/mol. The van der Waals surface area contributed by atoms with Gasteiger partial charge in [-0.3, -0.25) is 9.52 Å². The first kappa shape index (κ1) is 22.0. The van der Waals surface area contributed by atoms with E-state index in [4.69, 9.17) is 14.2 Å². The Labute approximate surface area is 180 Å². The van der Waals surface area contributed by atoms with E-state index < -0.39 is 10.0 Å². The smallest absolute Gasteiger partial charge is 0.261 e. The average molecular weight is 442 g/mol. The molecule has 9 heteroatoms. The van der Waals surface area contributed by atoms with Crippen LogP contribution in [-0.2, 0) is 10.0 Å². The molecule has 1 amide bonds. The van der Waals surface area contributed by atoms with Crippen LogP contribution < -0.4 is 24.2 Å². The lowest BCUT2D eigenvalue weighted by Crippen LogP contribution is -2.14. The van der Waals surface area contributed by atoms with Gasteiger partial charge in [0, 0.05) is 17.3 Å². The second kappa shape index (κ2) is 9.40. The largest absolute Gasteiger partial charge is 0.497 e. The van der Waals surface area contributed by atoms with Crippen LogP contribution in [0.3, 0.4) is 0 Å². The molecule has 8 nitrogen and oxygen atoms in total. The summed E-state index contributed by atoms with van der Waals surface area (Å²) in [6, 6.07) is 17.1. The van der Waals surface area contributed by atoms with Crippen molar-refractivity contribution in [2.75, 3.05) is 31.4 Å². The minimum atomic E-state index is -3.77. The van der Waals surface area contributed by atoms with E-state index in [1.807, 2.05) is 0 Å². The van der Waals surface area contributed by atoms with Gasteiger partial charge in [0.05, 0.1) is 31.9 Å². The van der Waals surface area contributed by atoms with Crippen LogP contribution in [0.25, 0.3) is 0 Å². The van der Waals surface area contributed by atoms with Crippen molar-refractivity contribution in [1.82, 2.24) is 0 Å². The van der Waals surface area contributed by atoms with Crippen molar-refractivity contribution < 1.29 is 27.4 Å². The number of hydrogen-bond acceptors (Lipinski definition) is 6. The fraction of sp³-hybridized carbons (Fsp3) is 0.136. The topological polar surface area (TPSA) is 103 Å². The zero-order valence-corrected chi connectivity index (χ0v) is 18.0. The number of rotatable bonds is 8. The minimum Gasteiger partial charge on any atom is -0.497 e. The van der Waals surface area contributed by atoms with Crippen molar-refractivity contribution in [3.8, 4) is 17.2 Å². The second-order valence-electron chi connectivity index (χ2n) is 6.38. The number of hydrogen-bond donors (Lipinski definition) is 2. The highest BCUT2D eigenvalue weighted by atomic mass is 32.2. The first-order valence-corrected chi connectivity index (χ1v) is 10.6. The molecule has 0 aliphatic heterocycles. The van der Waals surface area contributed by atoms with Gasteiger partial charge in [-0.25, -0.2) is 8.42 Å². The molecule has 0 bridgehead atoms. The maximum absolute atomic E-state index is 12.6. The molecule has 0 aliphatic carbocycles. The van der Waals surface area contributed by atoms with Gasteiger partial charge < -0.3 is 19.5 Å². The molecule has 0 atom stereocenters. The van der Waals surface area contributed by atoms with E-state index in [0.717, 1.165) is 0 Å². The van der Waals surface area contributed by atoms with Crippen LogP contribution in [-0.4, -0.2) is 35.7 Å². The maximum Gasteiger partial charge on any atom is 0.261 e. The summed E-state index contributed by atoms with van der Waals surface area (Å²) in [5.74, 6) is 1.23. The van der Waals surface area contributed by atoms with E-state index >= 15 is 0 Å². The monoisotopic (exact) mass is 442 g/mol. The number of anilines is 2. The molecule has 31 heavy (non-hydrogen) atoms. The summed E-state index contributed by atoms with van der Waals surface area (Å²) in [5.41, 5.74) is 1.12. The van der Waals surface area contributed by atoms with Gasteiger partial charge in [-0.2, -0.15) is 0 Å². The standard InChI is InChI=1S/C22H22N2O6S/c1-28-17-8-11-19(12-9-17)31(26,27)24-16-6-4-15(5-7-16)22(25)23-20-14-18(29-2)10-13-21(20)30-3/h4-14,24H,1-3H3,(H,23,25). The first-order valence-electron chi connectivity index (χ1n) is 9.16. The lowest BCUT2D eigenvalue weighted by Gasteiger charge is -2.12. The molecule has 3 rings (SSSR count). The number of benzene rings is 3. The molecule has 3 aromatic rings. The molecular formula is C22H22N2O6S. The minimum absolute atomic E-state index is 0.0974. The fourth-order valence-electron chi connectivity index (χ4n) is 2.76. The van der Waals surface area contributed by atoms with Crippen molar-refractivity contribution in [2.45, 2.75) is 4.90 Å². The zero-order chi connectivity index (χ0) is 22.4. The summed E-state index contributed by atoms with van der Waals surface area (Å²) in [5, 5.41) is 2.76. The van der Waals surface area contributed by atoms with Crippen LogP contribution in [0.4, 0.5) is 11.4 Å². The van der Waals surface area contributed by atoms with Gasteiger partial charge in [0.2, 0.25) is 0 Å². The maximum atomic E-state index is 12.6. The highest BCUT2D eigenvalue weighted by Crippen LogP contribution is 2.29. The molecule has 0 saturated heterocycles. The Kier molecular flexibility index (Phi) is 6.66. The van der Waals surface area contributed by atoms with Gasteiger partial charge in [-0.15, -0.1) is 0 Å². The van der Waals surface area contributed by atoms with E-state index in [1.165, 1.54) is 57.7 Å².